The second kappa shape index (κ2) is 4.87. The Hall–Kier alpha value is -1.37. The SMILES string of the molecule is CCc1nc(-c2ccc(O)cc2)nc(N)c1I. The van der Waals surface area contributed by atoms with Crippen LogP contribution in [0.2, 0.25) is 0 Å². The number of nitrogens with zero attached hydrogens (tertiary/aromatic N) is 2. The van der Waals surface area contributed by atoms with E-state index >= 15 is 0 Å². The van der Waals surface area contributed by atoms with Crippen molar-refractivity contribution in [3.8, 4) is 17.1 Å². The molecule has 0 saturated heterocycles. The van der Waals surface area contributed by atoms with E-state index < -0.39 is 0 Å². The van der Waals surface area contributed by atoms with Gasteiger partial charge in [-0.05, 0) is 53.3 Å². The number of aryl methyl sites for hydroxylation is 1. The maximum atomic E-state index is 9.24. The molecule has 88 valence electrons. The molecule has 2 aromatic rings. The molecule has 5 heteroatoms. The normalized spacial score (nSPS) is 10.5. The summed E-state index contributed by atoms with van der Waals surface area (Å²) < 4.78 is 0.910. The van der Waals surface area contributed by atoms with E-state index in [1.165, 1.54) is 0 Å². The Morgan fingerprint density at radius 1 is 1.24 bits per heavy atom. The maximum absolute atomic E-state index is 9.24. The molecule has 1 aromatic heterocycles. The number of aromatic hydroxyl groups is 1. The monoisotopic (exact) mass is 341 g/mol. The van der Waals surface area contributed by atoms with Crippen LogP contribution in [0.5, 0.6) is 5.75 Å². The number of aromatic nitrogens is 2. The van der Waals surface area contributed by atoms with Gasteiger partial charge in [0.1, 0.15) is 11.6 Å². The molecule has 1 aromatic carbocycles. The highest BCUT2D eigenvalue weighted by molar-refractivity contribution is 14.1. The molecule has 1 heterocycles. The van der Waals surface area contributed by atoms with Gasteiger partial charge in [-0.3, -0.25) is 0 Å². The van der Waals surface area contributed by atoms with E-state index in [2.05, 4.69) is 32.6 Å². The Balaban J connectivity index is 2.52. The summed E-state index contributed by atoms with van der Waals surface area (Å²) in [5.41, 5.74) is 7.65. The van der Waals surface area contributed by atoms with Crippen molar-refractivity contribution in [2.75, 3.05) is 5.73 Å². The quantitative estimate of drug-likeness (QED) is 0.824. The standard InChI is InChI=1S/C12H12IN3O/c1-2-9-10(13)11(14)16-12(15-9)7-3-5-8(17)6-4-7/h3-6,17H,2H2,1H3,(H2,14,15,16). The molecule has 0 amide bonds. The number of hydrogen-bond acceptors (Lipinski definition) is 4. The topological polar surface area (TPSA) is 72.0 Å². The lowest BCUT2D eigenvalue weighted by Crippen LogP contribution is -2.04. The summed E-state index contributed by atoms with van der Waals surface area (Å²) in [5, 5.41) is 9.24. The predicted octanol–water partition coefficient (Wildman–Crippen LogP) is 2.60. The second-order valence-corrected chi connectivity index (χ2v) is 4.67. The maximum Gasteiger partial charge on any atom is 0.161 e. The molecule has 3 N–H and O–H groups in total. The minimum absolute atomic E-state index is 0.225. The van der Waals surface area contributed by atoms with Crippen LogP contribution in [0.4, 0.5) is 5.82 Å². The Morgan fingerprint density at radius 3 is 2.47 bits per heavy atom. The van der Waals surface area contributed by atoms with Crippen LogP contribution in [-0.2, 0) is 6.42 Å². The summed E-state index contributed by atoms with van der Waals surface area (Å²) in [5.74, 6) is 1.32. The van der Waals surface area contributed by atoms with Crippen molar-refractivity contribution in [2.24, 2.45) is 0 Å². The first-order chi connectivity index (χ1) is 8.11. The van der Waals surface area contributed by atoms with Gasteiger partial charge in [0.15, 0.2) is 5.82 Å². The average Bonchev–Trinajstić information content (AvgIpc) is 2.33. The number of phenolic OH excluding ortho intramolecular Hbond substituents is 1. The zero-order chi connectivity index (χ0) is 12.4. The van der Waals surface area contributed by atoms with E-state index in [4.69, 9.17) is 5.73 Å². The van der Waals surface area contributed by atoms with Crippen molar-refractivity contribution in [2.45, 2.75) is 13.3 Å². The smallest absolute Gasteiger partial charge is 0.161 e. The molecule has 0 fully saturated rings. The molecular formula is C12H12IN3O. The number of hydrogen-bond donors (Lipinski definition) is 2. The number of anilines is 1. The van der Waals surface area contributed by atoms with Gasteiger partial charge in [0, 0.05) is 5.56 Å². The molecule has 2 rings (SSSR count). The fourth-order valence-electron chi connectivity index (χ4n) is 1.49. The molecule has 17 heavy (non-hydrogen) atoms. The summed E-state index contributed by atoms with van der Waals surface area (Å²) in [6, 6.07) is 6.77. The van der Waals surface area contributed by atoms with Gasteiger partial charge in [0.05, 0.1) is 9.26 Å². The van der Waals surface area contributed by atoms with Crippen LogP contribution in [0.25, 0.3) is 11.4 Å². The van der Waals surface area contributed by atoms with Crippen molar-refractivity contribution < 1.29 is 5.11 Å². The van der Waals surface area contributed by atoms with Crippen molar-refractivity contribution in [1.29, 1.82) is 0 Å². The number of halogens is 1. The number of nitrogens with two attached hydrogens (primary N) is 1. The molecule has 0 unspecified atom stereocenters. The zero-order valence-corrected chi connectivity index (χ0v) is 11.5. The first-order valence-electron chi connectivity index (χ1n) is 5.23. The minimum Gasteiger partial charge on any atom is -0.508 e. The number of rotatable bonds is 2. The van der Waals surface area contributed by atoms with E-state index in [1.807, 2.05) is 6.92 Å². The Labute approximate surface area is 113 Å². The third-order valence-electron chi connectivity index (χ3n) is 2.41. The van der Waals surface area contributed by atoms with Gasteiger partial charge in [-0.2, -0.15) is 0 Å². The zero-order valence-electron chi connectivity index (χ0n) is 9.31. The van der Waals surface area contributed by atoms with E-state index in [-0.39, 0.29) is 5.75 Å². The molecule has 0 aliphatic heterocycles. The van der Waals surface area contributed by atoms with Crippen LogP contribution in [0.3, 0.4) is 0 Å². The van der Waals surface area contributed by atoms with Crippen molar-refractivity contribution >= 4 is 28.4 Å². The van der Waals surface area contributed by atoms with Crippen molar-refractivity contribution in [1.82, 2.24) is 9.97 Å². The fourth-order valence-corrected chi connectivity index (χ4v) is 2.11. The minimum atomic E-state index is 0.225. The molecule has 0 spiro atoms. The van der Waals surface area contributed by atoms with Crippen LogP contribution in [0.1, 0.15) is 12.6 Å². The molecule has 0 aliphatic carbocycles. The van der Waals surface area contributed by atoms with Crippen molar-refractivity contribution in [3.05, 3.63) is 33.5 Å². The van der Waals surface area contributed by atoms with Crippen LogP contribution in [-0.4, -0.2) is 15.1 Å². The summed E-state index contributed by atoms with van der Waals surface area (Å²) in [7, 11) is 0. The van der Waals surface area contributed by atoms with E-state index in [1.54, 1.807) is 24.3 Å². The lowest BCUT2D eigenvalue weighted by molar-refractivity contribution is 0.475. The Morgan fingerprint density at radius 2 is 1.88 bits per heavy atom. The lowest BCUT2D eigenvalue weighted by atomic mass is 10.2. The molecule has 0 saturated carbocycles. The third-order valence-corrected chi connectivity index (χ3v) is 3.58. The van der Waals surface area contributed by atoms with Gasteiger partial charge < -0.3 is 10.8 Å². The highest BCUT2D eigenvalue weighted by Crippen LogP contribution is 2.23. The van der Waals surface area contributed by atoms with E-state index in [0.29, 0.717) is 11.6 Å². The first kappa shape index (κ1) is 12.1. The molecule has 4 nitrogen and oxygen atoms in total. The van der Waals surface area contributed by atoms with Gasteiger partial charge in [-0.15, -0.1) is 0 Å². The summed E-state index contributed by atoms with van der Waals surface area (Å²) in [6.45, 7) is 2.03. The fraction of sp³-hybridized carbons (Fsp3) is 0.167. The van der Waals surface area contributed by atoms with Crippen LogP contribution < -0.4 is 5.73 Å². The predicted molar refractivity (Wildman–Crippen MR) is 75.6 cm³/mol. The highest BCUT2D eigenvalue weighted by atomic mass is 127. The lowest BCUT2D eigenvalue weighted by Gasteiger charge is -2.07. The summed E-state index contributed by atoms with van der Waals surface area (Å²) >= 11 is 2.16. The summed E-state index contributed by atoms with van der Waals surface area (Å²) in [4.78, 5) is 8.73. The Kier molecular flexibility index (Phi) is 3.46. The average molecular weight is 341 g/mol. The van der Waals surface area contributed by atoms with E-state index in [0.717, 1.165) is 21.2 Å². The van der Waals surface area contributed by atoms with E-state index in [9.17, 15) is 5.11 Å². The third kappa shape index (κ3) is 2.49. The van der Waals surface area contributed by atoms with Gasteiger partial charge >= 0.3 is 0 Å². The molecular weight excluding hydrogens is 329 g/mol. The largest absolute Gasteiger partial charge is 0.508 e. The molecule has 0 bridgehead atoms. The van der Waals surface area contributed by atoms with Gasteiger partial charge in [-0.25, -0.2) is 9.97 Å². The highest BCUT2D eigenvalue weighted by Gasteiger charge is 2.09. The number of benzene rings is 1. The second-order valence-electron chi connectivity index (χ2n) is 3.59. The number of phenols is 1. The van der Waals surface area contributed by atoms with Crippen LogP contribution in [0.15, 0.2) is 24.3 Å². The van der Waals surface area contributed by atoms with Gasteiger partial charge in [0.25, 0.3) is 0 Å². The van der Waals surface area contributed by atoms with Gasteiger partial charge in [-0.1, -0.05) is 6.92 Å². The van der Waals surface area contributed by atoms with Gasteiger partial charge in [0.2, 0.25) is 0 Å². The molecule has 0 radical (unpaired) electrons. The van der Waals surface area contributed by atoms with Crippen LogP contribution >= 0.6 is 22.6 Å². The number of nitrogen functional groups attached to an aromatic ring is 1. The van der Waals surface area contributed by atoms with Crippen LogP contribution in [0, 0.1) is 3.57 Å². The first-order valence-corrected chi connectivity index (χ1v) is 6.31. The Bertz CT molecular complexity index is 540. The summed E-state index contributed by atoms with van der Waals surface area (Å²) in [6.07, 6.45) is 0.816. The molecule has 0 aliphatic rings. The van der Waals surface area contributed by atoms with Crippen molar-refractivity contribution in [3.63, 3.8) is 0 Å². The molecule has 0 atom stereocenters.